The highest BCUT2D eigenvalue weighted by atomic mass is 14.2. The van der Waals surface area contributed by atoms with Crippen LogP contribution in [0.25, 0.3) is 11.1 Å². The van der Waals surface area contributed by atoms with Gasteiger partial charge in [0.05, 0.1) is 0 Å². The Bertz CT molecular complexity index is 643. The van der Waals surface area contributed by atoms with Crippen LogP contribution in [0.3, 0.4) is 0 Å². The highest BCUT2D eigenvalue weighted by Crippen LogP contribution is 2.36. The fourth-order valence-corrected chi connectivity index (χ4v) is 3.09. The van der Waals surface area contributed by atoms with Crippen LogP contribution in [0.4, 0.5) is 0 Å². The van der Waals surface area contributed by atoms with Gasteiger partial charge < -0.3 is 0 Å². The molecule has 0 heterocycles. The second-order valence-electron chi connectivity index (χ2n) is 5.59. The van der Waals surface area contributed by atoms with Crippen LogP contribution in [-0.4, -0.2) is 0 Å². The highest BCUT2D eigenvalue weighted by Gasteiger charge is 2.17. The first-order chi connectivity index (χ1) is 9.88. The molecule has 1 aliphatic carbocycles. The molecule has 0 N–H and O–H groups in total. The number of aryl methyl sites for hydroxylation is 1. The van der Waals surface area contributed by atoms with Gasteiger partial charge in [-0.05, 0) is 53.5 Å². The van der Waals surface area contributed by atoms with Crippen molar-refractivity contribution in [2.75, 3.05) is 0 Å². The van der Waals surface area contributed by atoms with Crippen molar-refractivity contribution in [1.82, 2.24) is 0 Å². The van der Waals surface area contributed by atoms with Crippen LogP contribution in [0, 0.1) is 12.3 Å². The lowest BCUT2D eigenvalue weighted by atomic mass is 10.00. The van der Waals surface area contributed by atoms with E-state index in [1.54, 1.807) is 0 Å². The average molecular weight is 260 g/mol. The van der Waals surface area contributed by atoms with Gasteiger partial charge >= 0.3 is 0 Å². The molecule has 0 bridgehead atoms. The number of rotatable bonds is 5. The maximum absolute atomic E-state index is 5.28. The van der Waals surface area contributed by atoms with Gasteiger partial charge in [-0.3, -0.25) is 0 Å². The molecular formula is C20H20. The summed E-state index contributed by atoms with van der Waals surface area (Å²) in [5, 5.41) is 0. The van der Waals surface area contributed by atoms with E-state index in [0.29, 0.717) is 0 Å². The summed E-state index contributed by atoms with van der Waals surface area (Å²) in [5.74, 6) is 2.71. The summed E-state index contributed by atoms with van der Waals surface area (Å²) in [7, 11) is 0. The Balaban J connectivity index is 1.67. The number of terminal acetylenes is 1. The van der Waals surface area contributed by atoms with Crippen molar-refractivity contribution in [2.24, 2.45) is 0 Å². The molecule has 0 spiro atoms. The second-order valence-corrected chi connectivity index (χ2v) is 5.59. The molecular weight excluding hydrogens is 240 g/mol. The fourth-order valence-electron chi connectivity index (χ4n) is 3.09. The maximum atomic E-state index is 5.28. The Kier molecular flexibility index (Phi) is 3.88. The van der Waals surface area contributed by atoms with E-state index < -0.39 is 0 Å². The van der Waals surface area contributed by atoms with E-state index in [1.165, 1.54) is 47.1 Å². The fraction of sp³-hybridized carbons (Fsp3) is 0.300. The van der Waals surface area contributed by atoms with Gasteiger partial charge in [-0.1, -0.05) is 48.9 Å². The summed E-state index contributed by atoms with van der Waals surface area (Å²) >= 11 is 0. The molecule has 0 nitrogen and oxygen atoms in total. The predicted octanol–water partition coefficient (Wildman–Crippen LogP) is 4.99. The molecule has 0 saturated heterocycles. The van der Waals surface area contributed by atoms with E-state index in [-0.39, 0.29) is 0 Å². The van der Waals surface area contributed by atoms with Crippen LogP contribution in [0.2, 0.25) is 0 Å². The van der Waals surface area contributed by atoms with Crippen LogP contribution in [0.1, 0.15) is 42.4 Å². The Morgan fingerprint density at radius 1 is 0.900 bits per heavy atom. The topological polar surface area (TPSA) is 0 Å². The minimum atomic E-state index is 0.916. The number of hydrogen-bond acceptors (Lipinski definition) is 0. The summed E-state index contributed by atoms with van der Waals surface area (Å²) in [4.78, 5) is 0. The number of hydrogen-bond donors (Lipinski definition) is 0. The van der Waals surface area contributed by atoms with E-state index in [2.05, 4.69) is 48.4 Å². The van der Waals surface area contributed by atoms with E-state index in [4.69, 9.17) is 6.42 Å². The van der Waals surface area contributed by atoms with Crippen molar-refractivity contribution < 1.29 is 0 Å². The molecule has 100 valence electrons. The van der Waals surface area contributed by atoms with E-state index >= 15 is 0 Å². The van der Waals surface area contributed by atoms with E-state index in [9.17, 15) is 0 Å². The first-order valence-electron chi connectivity index (χ1n) is 7.52. The van der Waals surface area contributed by atoms with E-state index in [0.717, 1.165) is 19.3 Å². The molecule has 0 amide bonds. The van der Waals surface area contributed by atoms with E-state index in [1.807, 2.05) is 0 Å². The molecule has 0 aliphatic heterocycles. The molecule has 0 saturated carbocycles. The molecule has 3 rings (SSSR count). The quantitative estimate of drug-likeness (QED) is 0.447. The molecule has 0 radical (unpaired) electrons. The van der Waals surface area contributed by atoms with Crippen LogP contribution < -0.4 is 0 Å². The zero-order valence-corrected chi connectivity index (χ0v) is 11.9. The van der Waals surface area contributed by atoms with Crippen molar-refractivity contribution >= 4 is 0 Å². The number of fused-ring (bicyclic) bond motifs is 3. The van der Waals surface area contributed by atoms with Crippen LogP contribution in [-0.2, 0) is 12.8 Å². The molecule has 2 aromatic rings. The first-order valence-corrected chi connectivity index (χ1v) is 7.52. The molecule has 0 unspecified atom stereocenters. The first kappa shape index (κ1) is 13.0. The van der Waals surface area contributed by atoms with Crippen molar-refractivity contribution in [2.45, 2.75) is 38.5 Å². The van der Waals surface area contributed by atoms with Crippen molar-refractivity contribution in [3.8, 4) is 23.5 Å². The van der Waals surface area contributed by atoms with Gasteiger partial charge in [0.2, 0.25) is 0 Å². The third kappa shape index (κ3) is 2.63. The van der Waals surface area contributed by atoms with Gasteiger partial charge in [-0.15, -0.1) is 12.3 Å². The van der Waals surface area contributed by atoms with Crippen molar-refractivity contribution in [3.63, 3.8) is 0 Å². The average Bonchev–Trinajstić information content (AvgIpc) is 2.84. The van der Waals surface area contributed by atoms with Gasteiger partial charge in [0.25, 0.3) is 0 Å². The lowest BCUT2D eigenvalue weighted by Gasteiger charge is -2.05. The van der Waals surface area contributed by atoms with Crippen LogP contribution in [0.15, 0.2) is 42.5 Å². The molecule has 0 atom stereocenters. The Morgan fingerprint density at radius 2 is 1.75 bits per heavy atom. The van der Waals surface area contributed by atoms with Gasteiger partial charge in [-0.25, -0.2) is 0 Å². The lowest BCUT2D eigenvalue weighted by Crippen LogP contribution is -1.89. The summed E-state index contributed by atoms with van der Waals surface area (Å²) < 4.78 is 0. The third-order valence-corrected chi connectivity index (χ3v) is 4.14. The molecule has 20 heavy (non-hydrogen) atoms. The minimum Gasteiger partial charge on any atom is -0.120 e. The molecule has 0 heteroatoms. The zero-order valence-electron chi connectivity index (χ0n) is 11.9. The standard InChI is InChI=1S/C20H20/c1-2-3-4-5-6-9-16-12-13-20-18(14-16)15-17-10-7-8-11-19(17)20/h1,7-8,10-14H,3-6,9,15H2. The summed E-state index contributed by atoms with van der Waals surface area (Å²) in [5.41, 5.74) is 7.28. The Morgan fingerprint density at radius 3 is 2.65 bits per heavy atom. The van der Waals surface area contributed by atoms with Crippen molar-refractivity contribution in [3.05, 3.63) is 59.2 Å². The molecule has 0 fully saturated rings. The summed E-state index contributed by atoms with van der Waals surface area (Å²) in [6.45, 7) is 0. The SMILES string of the molecule is C#CCCCCCc1ccc2c(c1)Cc1ccccc1-2. The normalized spacial score (nSPS) is 11.8. The monoisotopic (exact) mass is 260 g/mol. The Labute approximate surface area is 121 Å². The molecule has 2 aromatic carbocycles. The maximum Gasteiger partial charge on any atom is 0.00860 e. The Hall–Kier alpha value is -2.00. The predicted molar refractivity (Wildman–Crippen MR) is 85.7 cm³/mol. The number of benzene rings is 2. The number of unbranched alkanes of at least 4 members (excludes halogenated alkanes) is 3. The van der Waals surface area contributed by atoms with Gasteiger partial charge in [0.1, 0.15) is 0 Å². The molecule has 0 aromatic heterocycles. The largest absolute Gasteiger partial charge is 0.120 e. The van der Waals surface area contributed by atoms with Crippen LogP contribution in [0.5, 0.6) is 0 Å². The lowest BCUT2D eigenvalue weighted by molar-refractivity contribution is 0.692. The third-order valence-electron chi connectivity index (χ3n) is 4.14. The van der Waals surface area contributed by atoms with Crippen molar-refractivity contribution in [1.29, 1.82) is 0 Å². The minimum absolute atomic E-state index is 0.916. The summed E-state index contributed by atoms with van der Waals surface area (Å²) in [6, 6.07) is 15.7. The van der Waals surface area contributed by atoms with Crippen LogP contribution >= 0.6 is 0 Å². The second kappa shape index (κ2) is 5.97. The summed E-state index contributed by atoms with van der Waals surface area (Å²) in [6.07, 6.45) is 12.1. The van der Waals surface area contributed by atoms with Gasteiger partial charge in [-0.2, -0.15) is 0 Å². The molecule has 1 aliphatic rings. The van der Waals surface area contributed by atoms with Gasteiger partial charge in [0.15, 0.2) is 0 Å². The zero-order chi connectivity index (χ0) is 13.8. The smallest absolute Gasteiger partial charge is 0.00860 e. The van der Waals surface area contributed by atoms with Gasteiger partial charge in [0, 0.05) is 6.42 Å². The highest BCUT2D eigenvalue weighted by molar-refractivity contribution is 5.76.